The van der Waals surface area contributed by atoms with Crippen molar-refractivity contribution in [1.29, 1.82) is 0 Å². The lowest BCUT2D eigenvalue weighted by molar-refractivity contribution is 0.650. The minimum Gasteiger partial charge on any atom is -0.383 e. The lowest BCUT2D eigenvalue weighted by atomic mass is 10.1. The highest BCUT2D eigenvalue weighted by atomic mass is 79.9. The number of imidazole rings is 1. The Morgan fingerprint density at radius 1 is 1.32 bits per heavy atom. The molecule has 0 bridgehead atoms. The monoisotopic (exact) mass is 321 g/mol. The summed E-state index contributed by atoms with van der Waals surface area (Å²) in [7, 11) is 0. The van der Waals surface area contributed by atoms with Crippen molar-refractivity contribution >= 4 is 21.7 Å². The van der Waals surface area contributed by atoms with Gasteiger partial charge in [-0.15, -0.1) is 0 Å². The molecule has 0 aliphatic heterocycles. The molecule has 1 heterocycles. The van der Waals surface area contributed by atoms with Crippen molar-refractivity contribution in [2.24, 2.45) is 0 Å². The summed E-state index contributed by atoms with van der Waals surface area (Å²) in [4.78, 5) is 4.70. The molecule has 0 fully saturated rings. The fourth-order valence-corrected chi connectivity index (χ4v) is 2.59. The van der Waals surface area contributed by atoms with Crippen molar-refractivity contribution in [2.75, 3.05) is 5.73 Å². The highest BCUT2D eigenvalue weighted by Gasteiger charge is 2.15. The first-order chi connectivity index (χ1) is 9.08. The van der Waals surface area contributed by atoms with E-state index in [1.807, 2.05) is 0 Å². The number of aromatic nitrogens is 2. The SMILES string of the molecule is CCCn1c(CC)nc(-c2ccc(C)c(Br)c2)c1N. The first kappa shape index (κ1) is 14.1. The number of nitrogens with zero attached hydrogens (tertiary/aromatic N) is 2. The van der Waals surface area contributed by atoms with Crippen molar-refractivity contribution < 1.29 is 0 Å². The van der Waals surface area contributed by atoms with Crippen LogP contribution in [0.1, 0.15) is 31.7 Å². The molecule has 1 aromatic carbocycles. The van der Waals surface area contributed by atoms with Crippen LogP contribution in [0.25, 0.3) is 11.3 Å². The Hall–Kier alpha value is -1.29. The quantitative estimate of drug-likeness (QED) is 0.918. The van der Waals surface area contributed by atoms with Gasteiger partial charge in [-0.05, 0) is 25.0 Å². The molecule has 0 saturated carbocycles. The number of halogens is 1. The Balaban J connectivity index is 2.52. The lowest BCUT2D eigenvalue weighted by Crippen LogP contribution is -2.06. The van der Waals surface area contributed by atoms with Crippen molar-refractivity contribution in [3.8, 4) is 11.3 Å². The van der Waals surface area contributed by atoms with Gasteiger partial charge in [-0.2, -0.15) is 0 Å². The van der Waals surface area contributed by atoms with Crippen LogP contribution in [0, 0.1) is 6.92 Å². The Morgan fingerprint density at radius 3 is 2.63 bits per heavy atom. The molecule has 0 aliphatic rings. The maximum absolute atomic E-state index is 6.27. The second-order valence-electron chi connectivity index (χ2n) is 4.73. The van der Waals surface area contributed by atoms with E-state index < -0.39 is 0 Å². The average Bonchev–Trinajstić information content (AvgIpc) is 2.71. The van der Waals surface area contributed by atoms with Gasteiger partial charge >= 0.3 is 0 Å². The van der Waals surface area contributed by atoms with Crippen LogP contribution in [0.5, 0.6) is 0 Å². The van der Waals surface area contributed by atoms with E-state index in [4.69, 9.17) is 10.7 Å². The Kier molecular flexibility index (Phi) is 4.30. The summed E-state index contributed by atoms with van der Waals surface area (Å²) in [6, 6.07) is 6.25. The van der Waals surface area contributed by atoms with Gasteiger partial charge in [0.1, 0.15) is 17.3 Å². The lowest BCUT2D eigenvalue weighted by Gasteiger charge is -2.07. The molecule has 0 unspecified atom stereocenters. The van der Waals surface area contributed by atoms with Gasteiger partial charge in [-0.3, -0.25) is 0 Å². The average molecular weight is 322 g/mol. The second kappa shape index (κ2) is 5.78. The van der Waals surface area contributed by atoms with Crippen molar-refractivity contribution in [3.05, 3.63) is 34.1 Å². The van der Waals surface area contributed by atoms with Gasteiger partial charge in [0.15, 0.2) is 0 Å². The zero-order valence-corrected chi connectivity index (χ0v) is 13.3. The number of benzene rings is 1. The van der Waals surface area contributed by atoms with E-state index in [1.54, 1.807) is 0 Å². The Morgan fingerprint density at radius 2 is 2.05 bits per heavy atom. The molecule has 2 aromatic rings. The van der Waals surface area contributed by atoms with Crippen LogP contribution >= 0.6 is 15.9 Å². The number of nitrogen functional groups attached to an aromatic ring is 1. The smallest absolute Gasteiger partial charge is 0.131 e. The number of anilines is 1. The van der Waals surface area contributed by atoms with Crippen LogP contribution in [-0.2, 0) is 13.0 Å². The maximum Gasteiger partial charge on any atom is 0.131 e. The third-order valence-electron chi connectivity index (χ3n) is 3.29. The fourth-order valence-electron chi connectivity index (χ4n) is 2.21. The molecule has 3 nitrogen and oxygen atoms in total. The number of rotatable bonds is 4. The minimum atomic E-state index is 0.773. The summed E-state index contributed by atoms with van der Waals surface area (Å²) in [5.41, 5.74) is 9.45. The molecule has 2 N–H and O–H groups in total. The van der Waals surface area contributed by atoms with Gasteiger partial charge in [0, 0.05) is 23.0 Å². The van der Waals surface area contributed by atoms with E-state index in [1.165, 1.54) is 5.56 Å². The molecular formula is C15H20BrN3. The molecule has 1 aromatic heterocycles. The van der Waals surface area contributed by atoms with E-state index in [0.29, 0.717) is 0 Å². The second-order valence-corrected chi connectivity index (χ2v) is 5.59. The molecule has 4 heteroatoms. The van der Waals surface area contributed by atoms with Gasteiger partial charge in [0.2, 0.25) is 0 Å². The summed E-state index contributed by atoms with van der Waals surface area (Å²) in [6.45, 7) is 7.27. The number of hydrogen-bond acceptors (Lipinski definition) is 2. The summed E-state index contributed by atoms with van der Waals surface area (Å²) < 4.78 is 3.22. The molecule has 0 radical (unpaired) electrons. The largest absolute Gasteiger partial charge is 0.383 e. The predicted molar refractivity (Wildman–Crippen MR) is 84.2 cm³/mol. The summed E-state index contributed by atoms with van der Waals surface area (Å²) in [5.74, 6) is 1.83. The van der Waals surface area contributed by atoms with E-state index >= 15 is 0 Å². The molecule has 2 rings (SSSR count). The van der Waals surface area contributed by atoms with E-state index in [-0.39, 0.29) is 0 Å². The van der Waals surface area contributed by atoms with Crippen molar-refractivity contribution in [1.82, 2.24) is 9.55 Å². The first-order valence-corrected chi connectivity index (χ1v) is 7.49. The fraction of sp³-hybridized carbons (Fsp3) is 0.400. The molecule has 19 heavy (non-hydrogen) atoms. The van der Waals surface area contributed by atoms with E-state index in [2.05, 4.69) is 59.5 Å². The van der Waals surface area contributed by atoms with E-state index in [0.717, 1.165) is 46.8 Å². The van der Waals surface area contributed by atoms with Crippen molar-refractivity contribution in [2.45, 2.75) is 40.2 Å². The van der Waals surface area contributed by atoms with Crippen LogP contribution in [0.4, 0.5) is 5.82 Å². The van der Waals surface area contributed by atoms with E-state index in [9.17, 15) is 0 Å². The van der Waals surface area contributed by atoms with Gasteiger partial charge in [-0.25, -0.2) is 4.98 Å². The number of hydrogen-bond donors (Lipinski definition) is 1. The zero-order chi connectivity index (χ0) is 14.0. The normalized spacial score (nSPS) is 10.9. The maximum atomic E-state index is 6.27. The van der Waals surface area contributed by atoms with Crippen LogP contribution in [0.2, 0.25) is 0 Å². The molecule has 102 valence electrons. The molecule has 0 aliphatic carbocycles. The highest BCUT2D eigenvalue weighted by molar-refractivity contribution is 9.10. The Labute approximate surface area is 123 Å². The van der Waals surface area contributed by atoms with Gasteiger partial charge in [0.25, 0.3) is 0 Å². The van der Waals surface area contributed by atoms with Crippen LogP contribution in [0.15, 0.2) is 22.7 Å². The zero-order valence-electron chi connectivity index (χ0n) is 11.7. The molecular weight excluding hydrogens is 302 g/mol. The predicted octanol–water partition coefficient (Wildman–Crippen LogP) is 4.18. The first-order valence-electron chi connectivity index (χ1n) is 6.69. The standard InChI is InChI=1S/C15H20BrN3/c1-4-8-19-13(5-2)18-14(15(19)17)11-7-6-10(3)12(16)9-11/h6-7,9H,4-5,8,17H2,1-3H3. The topological polar surface area (TPSA) is 43.8 Å². The van der Waals surface area contributed by atoms with Gasteiger partial charge < -0.3 is 10.3 Å². The minimum absolute atomic E-state index is 0.773. The van der Waals surface area contributed by atoms with Gasteiger partial charge in [0.05, 0.1) is 0 Å². The van der Waals surface area contributed by atoms with Crippen LogP contribution in [0.3, 0.4) is 0 Å². The Bertz CT molecular complexity index is 587. The number of aryl methyl sites for hydroxylation is 2. The summed E-state index contributed by atoms with van der Waals surface area (Å²) in [5, 5.41) is 0. The molecule has 0 spiro atoms. The summed E-state index contributed by atoms with van der Waals surface area (Å²) >= 11 is 3.57. The third-order valence-corrected chi connectivity index (χ3v) is 4.15. The molecule has 0 amide bonds. The van der Waals surface area contributed by atoms with Gasteiger partial charge in [-0.1, -0.05) is 41.9 Å². The molecule has 0 saturated heterocycles. The number of nitrogens with two attached hydrogens (primary N) is 1. The van der Waals surface area contributed by atoms with Crippen molar-refractivity contribution in [3.63, 3.8) is 0 Å². The highest BCUT2D eigenvalue weighted by Crippen LogP contribution is 2.30. The van der Waals surface area contributed by atoms with Crippen LogP contribution < -0.4 is 5.73 Å². The third kappa shape index (κ3) is 2.68. The molecule has 0 atom stereocenters. The van der Waals surface area contributed by atoms with Crippen LogP contribution in [-0.4, -0.2) is 9.55 Å². The summed E-state index contributed by atoms with van der Waals surface area (Å²) in [6.07, 6.45) is 1.96.